The van der Waals surface area contributed by atoms with Crippen molar-refractivity contribution in [3.63, 3.8) is 0 Å². The van der Waals surface area contributed by atoms with Gasteiger partial charge in [0.2, 0.25) is 0 Å². The van der Waals surface area contributed by atoms with E-state index in [1.54, 1.807) is 12.1 Å². The molecule has 0 radical (unpaired) electrons. The molecular formula is C18H16F3N3. The van der Waals surface area contributed by atoms with Crippen molar-refractivity contribution in [3.8, 4) is 0 Å². The van der Waals surface area contributed by atoms with Crippen molar-refractivity contribution >= 4 is 11.0 Å². The molecule has 2 aromatic carbocycles. The lowest BCUT2D eigenvalue weighted by atomic mass is 9.82. The van der Waals surface area contributed by atoms with Crippen molar-refractivity contribution in [2.45, 2.75) is 31.4 Å². The molecule has 24 heavy (non-hydrogen) atoms. The zero-order valence-electron chi connectivity index (χ0n) is 13.1. The number of imidazole rings is 1. The summed E-state index contributed by atoms with van der Waals surface area (Å²) in [6, 6.07) is 10.9. The van der Waals surface area contributed by atoms with Crippen molar-refractivity contribution in [3.05, 3.63) is 65.2 Å². The van der Waals surface area contributed by atoms with Crippen LogP contribution in [0.15, 0.2) is 42.5 Å². The molecule has 1 aliphatic heterocycles. The maximum Gasteiger partial charge on any atom is 0.307 e. The van der Waals surface area contributed by atoms with Crippen LogP contribution in [0.3, 0.4) is 0 Å². The van der Waals surface area contributed by atoms with Gasteiger partial charge in [0.1, 0.15) is 5.82 Å². The van der Waals surface area contributed by atoms with Gasteiger partial charge in [-0.3, -0.25) is 0 Å². The van der Waals surface area contributed by atoms with E-state index in [0.717, 1.165) is 5.56 Å². The van der Waals surface area contributed by atoms with E-state index in [1.807, 2.05) is 13.0 Å². The molecule has 0 amide bonds. The predicted molar refractivity (Wildman–Crippen MR) is 85.2 cm³/mol. The molecule has 6 heteroatoms. The van der Waals surface area contributed by atoms with Gasteiger partial charge in [-0.2, -0.15) is 8.78 Å². The van der Waals surface area contributed by atoms with E-state index >= 15 is 0 Å². The molecule has 0 saturated carbocycles. The van der Waals surface area contributed by atoms with Crippen LogP contribution in [0.2, 0.25) is 0 Å². The summed E-state index contributed by atoms with van der Waals surface area (Å²) in [5.74, 6) is -3.84. The van der Waals surface area contributed by atoms with Crippen molar-refractivity contribution < 1.29 is 13.2 Å². The van der Waals surface area contributed by atoms with Crippen LogP contribution in [-0.4, -0.2) is 9.55 Å². The molecule has 1 unspecified atom stereocenters. The van der Waals surface area contributed by atoms with E-state index in [2.05, 4.69) is 4.98 Å². The lowest BCUT2D eigenvalue weighted by Gasteiger charge is -2.38. The van der Waals surface area contributed by atoms with Gasteiger partial charge in [0, 0.05) is 13.0 Å². The largest absolute Gasteiger partial charge is 0.321 e. The fourth-order valence-corrected chi connectivity index (χ4v) is 3.47. The number of fused-ring (bicyclic) bond motifs is 3. The number of nitrogens with two attached hydrogens (primary N) is 1. The Morgan fingerprint density at radius 2 is 1.83 bits per heavy atom. The van der Waals surface area contributed by atoms with Crippen LogP contribution < -0.4 is 5.73 Å². The highest BCUT2D eigenvalue weighted by Gasteiger charge is 2.50. The average molecular weight is 331 g/mol. The van der Waals surface area contributed by atoms with Gasteiger partial charge in [0.25, 0.3) is 0 Å². The Hall–Kier alpha value is -2.34. The van der Waals surface area contributed by atoms with E-state index in [4.69, 9.17) is 5.73 Å². The van der Waals surface area contributed by atoms with Crippen molar-refractivity contribution in [2.24, 2.45) is 5.73 Å². The molecule has 0 bridgehead atoms. The van der Waals surface area contributed by atoms with Gasteiger partial charge in [-0.1, -0.05) is 18.2 Å². The highest BCUT2D eigenvalue weighted by Crippen LogP contribution is 2.45. The summed E-state index contributed by atoms with van der Waals surface area (Å²) in [6.07, 6.45) is -0.562. The highest BCUT2D eigenvalue weighted by molar-refractivity contribution is 5.77. The summed E-state index contributed by atoms with van der Waals surface area (Å²) in [6.45, 7) is 2.06. The van der Waals surface area contributed by atoms with Crippen LogP contribution in [-0.2, 0) is 18.0 Å². The first-order valence-electron chi connectivity index (χ1n) is 7.69. The molecule has 4 rings (SSSR count). The SMILES string of the molecule is Cc1ccc2c(c1)nc1n2CC(N)(c2ccc(F)cc2)CC1(F)F. The number of nitrogens with zero attached hydrogens (tertiary/aromatic N) is 2. The lowest BCUT2D eigenvalue weighted by Crippen LogP contribution is -2.49. The second-order valence-electron chi connectivity index (χ2n) is 6.56. The van der Waals surface area contributed by atoms with E-state index in [0.29, 0.717) is 16.6 Å². The number of benzene rings is 2. The molecule has 3 nitrogen and oxygen atoms in total. The van der Waals surface area contributed by atoms with Gasteiger partial charge >= 0.3 is 5.92 Å². The first-order valence-corrected chi connectivity index (χ1v) is 7.69. The fourth-order valence-electron chi connectivity index (χ4n) is 3.47. The molecule has 2 heterocycles. The van der Waals surface area contributed by atoms with Crippen molar-refractivity contribution in [1.29, 1.82) is 0 Å². The maximum atomic E-state index is 14.8. The number of aromatic nitrogens is 2. The van der Waals surface area contributed by atoms with Gasteiger partial charge < -0.3 is 10.3 Å². The number of hydrogen-bond donors (Lipinski definition) is 1. The topological polar surface area (TPSA) is 43.8 Å². The minimum atomic E-state index is -3.16. The Morgan fingerprint density at radius 3 is 2.54 bits per heavy atom. The number of hydrogen-bond acceptors (Lipinski definition) is 2. The third kappa shape index (κ3) is 2.21. The molecule has 0 spiro atoms. The second-order valence-corrected chi connectivity index (χ2v) is 6.56. The maximum absolute atomic E-state index is 14.8. The quantitative estimate of drug-likeness (QED) is 0.736. The second kappa shape index (κ2) is 4.83. The van der Waals surface area contributed by atoms with Gasteiger partial charge in [-0.05, 0) is 42.3 Å². The van der Waals surface area contributed by atoms with Crippen LogP contribution in [0.25, 0.3) is 11.0 Å². The Bertz CT molecular complexity index is 931. The van der Waals surface area contributed by atoms with Gasteiger partial charge in [-0.25, -0.2) is 9.37 Å². The first-order chi connectivity index (χ1) is 11.3. The molecule has 3 aromatic rings. The molecule has 1 aliphatic rings. The lowest BCUT2D eigenvalue weighted by molar-refractivity contribution is -0.0646. The monoisotopic (exact) mass is 331 g/mol. The zero-order valence-corrected chi connectivity index (χ0v) is 13.1. The summed E-state index contributed by atoms with van der Waals surface area (Å²) < 4.78 is 44.2. The number of halogens is 3. The van der Waals surface area contributed by atoms with E-state index in [1.165, 1.54) is 28.8 Å². The smallest absolute Gasteiger partial charge is 0.307 e. The number of rotatable bonds is 1. The first kappa shape index (κ1) is 15.2. The Labute approximate surface area is 136 Å². The standard InChI is InChI=1S/C18H16F3N3/c1-11-2-7-15-14(8-11)23-16-18(20,21)9-17(22,10-24(15)16)12-3-5-13(19)6-4-12/h2-8H,9-10,22H2,1H3. The predicted octanol–water partition coefficient (Wildman–Crippen LogP) is 3.83. The van der Waals surface area contributed by atoms with E-state index in [9.17, 15) is 13.2 Å². The van der Waals surface area contributed by atoms with Crippen molar-refractivity contribution in [2.75, 3.05) is 0 Å². The number of alkyl halides is 2. The Balaban J connectivity index is 1.90. The average Bonchev–Trinajstić information content (AvgIpc) is 2.85. The molecule has 1 atom stereocenters. The highest BCUT2D eigenvalue weighted by atomic mass is 19.3. The summed E-state index contributed by atoms with van der Waals surface area (Å²) in [5, 5.41) is 0. The van der Waals surface area contributed by atoms with Gasteiger partial charge in [-0.15, -0.1) is 0 Å². The normalized spacial score (nSPS) is 22.5. The minimum Gasteiger partial charge on any atom is -0.321 e. The van der Waals surface area contributed by atoms with Gasteiger partial charge in [0.05, 0.1) is 16.6 Å². The number of aryl methyl sites for hydroxylation is 1. The third-order valence-corrected chi connectivity index (χ3v) is 4.63. The summed E-state index contributed by atoms with van der Waals surface area (Å²) in [5.41, 5.74) is 7.67. The molecule has 0 fully saturated rings. The molecule has 1 aromatic heterocycles. The van der Waals surface area contributed by atoms with Crippen LogP contribution >= 0.6 is 0 Å². The Kier molecular flexibility index (Phi) is 3.06. The molecule has 0 aliphatic carbocycles. The van der Waals surface area contributed by atoms with Gasteiger partial charge in [0.15, 0.2) is 5.82 Å². The van der Waals surface area contributed by atoms with E-state index < -0.39 is 23.7 Å². The Morgan fingerprint density at radius 1 is 1.12 bits per heavy atom. The summed E-state index contributed by atoms with van der Waals surface area (Å²) in [7, 11) is 0. The van der Waals surface area contributed by atoms with E-state index in [-0.39, 0.29) is 12.4 Å². The van der Waals surface area contributed by atoms with Crippen LogP contribution in [0, 0.1) is 12.7 Å². The molecule has 2 N–H and O–H groups in total. The van der Waals surface area contributed by atoms with Crippen molar-refractivity contribution in [1.82, 2.24) is 9.55 Å². The van der Waals surface area contributed by atoms with Crippen LogP contribution in [0.5, 0.6) is 0 Å². The zero-order chi connectivity index (χ0) is 17.1. The summed E-state index contributed by atoms with van der Waals surface area (Å²) >= 11 is 0. The summed E-state index contributed by atoms with van der Waals surface area (Å²) in [4.78, 5) is 4.14. The molecular weight excluding hydrogens is 315 g/mol. The molecule has 0 saturated heterocycles. The van der Waals surface area contributed by atoms with Crippen LogP contribution in [0.1, 0.15) is 23.4 Å². The minimum absolute atomic E-state index is 0.170. The van der Waals surface area contributed by atoms with Crippen LogP contribution in [0.4, 0.5) is 13.2 Å². The third-order valence-electron chi connectivity index (χ3n) is 4.63. The fraction of sp³-hybridized carbons (Fsp3) is 0.278. The molecule has 124 valence electrons.